The van der Waals surface area contributed by atoms with Crippen LogP contribution in [0.1, 0.15) is 36.8 Å². The Morgan fingerprint density at radius 3 is 2.27 bits per heavy atom. The molecule has 4 rings (SSSR count). The summed E-state index contributed by atoms with van der Waals surface area (Å²) in [6, 6.07) is 17.2. The molecule has 1 N–H and O–H groups in total. The second kappa shape index (κ2) is 7.13. The van der Waals surface area contributed by atoms with E-state index in [2.05, 4.69) is 24.0 Å². The zero-order valence-corrected chi connectivity index (χ0v) is 15.4. The van der Waals surface area contributed by atoms with Gasteiger partial charge in [-0.05, 0) is 53.9 Å². The number of benzene rings is 2. The quantitative estimate of drug-likeness (QED) is 0.869. The minimum atomic E-state index is -0.536. The Bertz CT molecular complexity index is 716. The fourth-order valence-electron chi connectivity index (χ4n) is 5.11. The number of likely N-dealkylation sites (tertiary alicyclic amines) is 1. The van der Waals surface area contributed by atoms with Gasteiger partial charge in [0.25, 0.3) is 0 Å². The van der Waals surface area contributed by atoms with Crippen molar-refractivity contribution in [1.29, 1.82) is 0 Å². The Morgan fingerprint density at radius 1 is 1.04 bits per heavy atom. The average Bonchev–Trinajstić information content (AvgIpc) is 3.10. The molecule has 4 atom stereocenters. The molecule has 26 heavy (non-hydrogen) atoms. The number of nitrogens with zero attached hydrogens (tertiary/aromatic N) is 1. The largest absolute Gasteiger partial charge is 0.390 e. The molecule has 138 valence electrons. The highest BCUT2D eigenvalue weighted by molar-refractivity contribution is 5.21. The molecule has 2 aromatic rings. The third-order valence-corrected chi connectivity index (χ3v) is 6.28. The summed E-state index contributed by atoms with van der Waals surface area (Å²) in [5.41, 5.74) is 1.89. The van der Waals surface area contributed by atoms with Gasteiger partial charge in [0, 0.05) is 26.1 Å². The van der Waals surface area contributed by atoms with Crippen molar-refractivity contribution in [2.24, 2.45) is 11.8 Å². The highest BCUT2D eigenvalue weighted by Crippen LogP contribution is 2.45. The van der Waals surface area contributed by atoms with E-state index in [4.69, 9.17) is 0 Å². The van der Waals surface area contributed by atoms with Gasteiger partial charge in [0.15, 0.2) is 0 Å². The fraction of sp³-hybridized carbons (Fsp3) is 0.478. The molecule has 0 bridgehead atoms. The van der Waals surface area contributed by atoms with Gasteiger partial charge in [-0.3, -0.25) is 0 Å². The van der Waals surface area contributed by atoms with Crippen molar-refractivity contribution in [3.8, 4) is 0 Å². The number of rotatable bonds is 5. The average molecular weight is 353 g/mol. The van der Waals surface area contributed by atoms with Crippen molar-refractivity contribution in [2.75, 3.05) is 19.6 Å². The fourth-order valence-corrected chi connectivity index (χ4v) is 5.11. The third kappa shape index (κ3) is 3.84. The second-order valence-corrected chi connectivity index (χ2v) is 8.49. The molecule has 0 spiro atoms. The lowest BCUT2D eigenvalue weighted by molar-refractivity contribution is 0.0353. The van der Waals surface area contributed by atoms with Crippen LogP contribution in [0.4, 0.5) is 4.39 Å². The van der Waals surface area contributed by atoms with Gasteiger partial charge in [0.2, 0.25) is 0 Å². The number of halogens is 1. The van der Waals surface area contributed by atoms with E-state index in [-0.39, 0.29) is 5.82 Å². The van der Waals surface area contributed by atoms with Crippen LogP contribution < -0.4 is 0 Å². The predicted molar refractivity (Wildman–Crippen MR) is 103 cm³/mol. The molecular formula is C23H28FNO. The van der Waals surface area contributed by atoms with Gasteiger partial charge in [0.1, 0.15) is 5.82 Å². The summed E-state index contributed by atoms with van der Waals surface area (Å²) in [6.45, 7) is 5.38. The van der Waals surface area contributed by atoms with Gasteiger partial charge in [-0.25, -0.2) is 4.39 Å². The maximum absolute atomic E-state index is 13.1. The third-order valence-electron chi connectivity index (χ3n) is 6.28. The van der Waals surface area contributed by atoms with Crippen molar-refractivity contribution >= 4 is 0 Å². The van der Waals surface area contributed by atoms with Crippen LogP contribution in [0.5, 0.6) is 0 Å². The van der Waals surface area contributed by atoms with E-state index in [1.165, 1.54) is 11.1 Å². The lowest BCUT2D eigenvalue weighted by Crippen LogP contribution is -2.33. The highest BCUT2D eigenvalue weighted by Gasteiger charge is 2.48. The van der Waals surface area contributed by atoms with Crippen molar-refractivity contribution in [3.63, 3.8) is 0 Å². The predicted octanol–water partition coefficient (Wildman–Crippen LogP) is 4.24. The molecule has 1 saturated heterocycles. The molecule has 0 amide bonds. The Morgan fingerprint density at radius 2 is 1.65 bits per heavy atom. The topological polar surface area (TPSA) is 23.5 Å². The van der Waals surface area contributed by atoms with E-state index in [0.717, 1.165) is 38.9 Å². The summed E-state index contributed by atoms with van der Waals surface area (Å²) in [6.07, 6.45) is 2.59. The summed E-state index contributed by atoms with van der Waals surface area (Å²) < 4.78 is 13.1. The van der Waals surface area contributed by atoms with Gasteiger partial charge in [-0.15, -0.1) is 0 Å². The Kier molecular flexibility index (Phi) is 4.85. The zero-order valence-electron chi connectivity index (χ0n) is 15.4. The second-order valence-electron chi connectivity index (χ2n) is 8.49. The van der Waals surface area contributed by atoms with Crippen LogP contribution in [-0.2, 0) is 6.42 Å². The minimum absolute atomic E-state index is 0.172. The van der Waals surface area contributed by atoms with E-state index in [0.29, 0.717) is 17.8 Å². The maximum atomic E-state index is 13.1. The van der Waals surface area contributed by atoms with Crippen LogP contribution in [0.25, 0.3) is 0 Å². The monoisotopic (exact) mass is 353 g/mol. The van der Waals surface area contributed by atoms with Crippen molar-refractivity contribution in [1.82, 2.24) is 4.90 Å². The first-order chi connectivity index (χ1) is 12.5. The molecule has 1 aliphatic heterocycles. The summed E-state index contributed by atoms with van der Waals surface area (Å²) in [4.78, 5) is 2.53. The summed E-state index contributed by atoms with van der Waals surface area (Å²) in [7, 11) is 0. The van der Waals surface area contributed by atoms with Crippen molar-refractivity contribution in [3.05, 3.63) is 71.5 Å². The van der Waals surface area contributed by atoms with Crippen molar-refractivity contribution < 1.29 is 9.50 Å². The molecule has 0 aromatic heterocycles. The van der Waals surface area contributed by atoms with Crippen LogP contribution in [0.2, 0.25) is 0 Å². The number of hydrogen-bond acceptors (Lipinski definition) is 2. The van der Waals surface area contributed by atoms with E-state index >= 15 is 0 Å². The van der Waals surface area contributed by atoms with Crippen LogP contribution >= 0.6 is 0 Å². The van der Waals surface area contributed by atoms with Gasteiger partial charge >= 0.3 is 0 Å². The van der Waals surface area contributed by atoms with Crippen molar-refractivity contribution in [2.45, 2.75) is 37.7 Å². The summed E-state index contributed by atoms with van der Waals surface area (Å²) in [5.74, 6) is 1.43. The maximum Gasteiger partial charge on any atom is 0.123 e. The molecule has 1 heterocycles. The van der Waals surface area contributed by atoms with Crippen LogP contribution in [0.15, 0.2) is 54.6 Å². The number of fused-ring (bicyclic) bond motifs is 1. The first kappa shape index (κ1) is 17.7. The normalized spacial score (nSPS) is 29.7. The zero-order chi connectivity index (χ0) is 18.1. The Balaban J connectivity index is 1.32. The first-order valence-electron chi connectivity index (χ1n) is 9.75. The van der Waals surface area contributed by atoms with Crippen LogP contribution in [0.3, 0.4) is 0 Å². The van der Waals surface area contributed by atoms with E-state index in [9.17, 15) is 9.50 Å². The molecule has 1 saturated carbocycles. The lowest BCUT2D eigenvalue weighted by atomic mass is 9.91. The molecule has 2 aliphatic rings. The van der Waals surface area contributed by atoms with Gasteiger partial charge < -0.3 is 10.0 Å². The molecule has 1 unspecified atom stereocenters. The highest BCUT2D eigenvalue weighted by atomic mass is 19.1. The Hall–Kier alpha value is -1.71. The molecule has 2 nitrogen and oxygen atoms in total. The summed E-state index contributed by atoms with van der Waals surface area (Å²) >= 11 is 0. The van der Waals surface area contributed by atoms with Crippen LogP contribution in [-0.4, -0.2) is 35.2 Å². The molecule has 2 aromatic carbocycles. The van der Waals surface area contributed by atoms with Gasteiger partial charge in [0.05, 0.1) is 5.60 Å². The SMILES string of the molecule is CC(CN1C[C@@H]2C[C@@](O)(Cc3ccccc3)C[C@@H]2C1)c1ccc(F)cc1. The minimum Gasteiger partial charge on any atom is -0.390 e. The number of hydrogen-bond donors (Lipinski definition) is 1. The molecule has 0 radical (unpaired) electrons. The molecular weight excluding hydrogens is 325 g/mol. The van der Waals surface area contributed by atoms with E-state index in [1.807, 2.05) is 30.3 Å². The first-order valence-corrected chi connectivity index (χ1v) is 9.75. The molecule has 1 aliphatic carbocycles. The van der Waals surface area contributed by atoms with E-state index in [1.54, 1.807) is 12.1 Å². The van der Waals surface area contributed by atoms with Gasteiger partial charge in [-0.1, -0.05) is 49.4 Å². The number of aliphatic hydroxyl groups is 1. The van der Waals surface area contributed by atoms with Gasteiger partial charge in [-0.2, -0.15) is 0 Å². The molecule has 2 fully saturated rings. The Labute approximate surface area is 155 Å². The summed E-state index contributed by atoms with van der Waals surface area (Å²) in [5, 5.41) is 11.1. The van der Waals surface area contributed by atoms with E-state index < -0.39 is 5.60 Å². The smallest absolute Gasteiger partial charge is 0.123 e. The van der Waals surface area contributed by atoms with Crippen LogP contribution in [0, 0.1) is 17.7 Å². The standard InChI is InChI=1S/C23H28FNO/c1-17(19-7-9-22(24)10-8-19)14-25-15-20-12-23(26,13-21(20)16-25)11-18-5-3-2-4-6-18/h2-10,17,20-21,26H,11-16H2,1H3/t17?,20-,21+,23-. The molecule has 3 heteroatoms. The lowest BCUT2D eigenvalue weighted by Gasteiger charge is -2.27.